The summed E-state index contributed by atoms with van der Waals surface area (Å²) < 4.78 is 7.75. The molecule has 39 heavy (non-hydrogen) atoms. The number of hydrogen-bond acceptors (Lipinski definition) is 10. The van der Waals surface area contributed by atoms with Gasteiger partial charge in [0.2, 0.25) is 0 Å². The Balaban J connectivity index is 1.51. The molecule has 0 spiro atoms. The average molecular weight is 529 g/mol. The van der Waals surface area contributed by atoms with Crippen LogP contribution in [-0.4, -0.2) is 86.5 Å². The number of nitriles is 1. The van der Waals surface area contributed by atoms with Gasteiger partial charge in [-0.25, -0.2) is 4.98 Å². The highest BCUT2D eigenvalue weighted by Crippen LogP contribution is 2.28. The number of aromatic amines is 1. The molecule has 0 aliphatic carbocycles. The fourth-order valence-corrected chi connectivity index (χ4v) is 5.72. The van der Waals surface area contributed by atoms with Gasteiger partial charge in [-0.1, -0.05) is 6.07 Å². The van der Waals surface area contributed by atoms with Crippen LogP contribution in [0.15, 0.2) is 23.1 Å². The van der Waals surface area contributed by atoms with Gasteiger partial charge >= 0.3 is 6.01 Å². The quantitative estimate of drug-likeness (QED) is 0.381. The first-order valence-electron chi connectivity index (χ1n) is 13.4. The second kappa shape index (κ2) is 10.2. The number of anilines is 1. The van der Waals surface area contributed by atoms with Gasteiger partial charge in [-0.15, -0.1) is 0 Å². The molecular formula is C27H32N10O2. The number of nitrogens with zero attached hydrogens (tertiary/aromatic N) is 8. The van der Waals surface area contributed by atoms with Crippen molar-refractivity contribution in [3.05, 3.63) is 40.1 Å². The van der Waals surface area contributed by atoms with Crippen molar-refractivity contribution in [2.75, 3.05) is 44.7 Å². The van der Waals surface area contributed by atoms with E-state index >= 15 is 0 Å². The number of rotatable bonds is 6. The summed E-state index contributed by atoms with van der Waals surface area (Å²) in [4.78, 5) is 32.9. The van der Waals surface area contributed by atoms with Crippen molar-refractivity contribution in [2.24, 2.45) is 0 Å². The molecule has 5 heterocycles. The summed E-state index contributed by atoms with van der Waals surface area (Å²) >= 11 is 0. The minimum atomic E-state index is -0.288. The lowest BCUT2D eigenvalue weighted by Gasteiger charge is -2.34. The number of nitrogens with one attached hydrogen (secondary N) is 2. The molecule has 0 radical (unpaired) electrons. The van der Waals surface area contributed by atoms with Crippen molar-refractivity contribution in [2.45, 2.75) is 45.2 Å². The van der Waals surface area contributed by atoms with E-state index in [1.165, 1.54) is 0 Å². The summed E-state index contributed by atoms with van der Waals surface area (Å²) in [6.45, 7) is 7.19. The number of H-pyrrole nitrogens is 1. The van der Waals surface area contributed by atoms with Crippen LogP contribution in [0, 0.1) is 25.2 Å². The molecule has 1 aromatic carbocycles. The maximum absolute atomic E-state index is 14.2. The Hall–Kier alpha value is -4.08. The van der Waals surface area contributed by atoms with E-state index in [0.717, 1.165) is 41.5 Å². The molecule has 3 aromatic heterocycles. The number of aromatic nitrogens is 6. The average Bonchev–Trinajstić information content (AvgIpc) is 3.57. The molecular weight excluding hydrogens is 496 g/mol. The predicted molar refractivity (Wildman–Crippen MR) is 147 cm³/mol. The van der Waals surface area contributed by atoms with Crippen molar-refractivity contribution >= 4 is 27.8 Å². The number of aryl methyl sites for hydroxylation is 2. The Morgan fingerprint density at radius 3 is 2.85 bits per heavy atom. The molecule has 2 aliphatic heterocycles. The minimum absolute atomic E-state index is 0.00641. The minimum Gasteiger partial charge on any atom is -0.462 e. The summed E-state index contributed by atoms with van der Waals surface area (Å²) in [5.41, 5.74) is 2.84. The second-order valence-corrected chi connectivity index (χ2v) is 10.4. The third-order valence-corrected chi connectivity index (χ3v) is 7.84. The van der Waals surface area contributed by atoms with Crippen LogP contribution >= 0.6 is 0 Å². The van der Waals surface area contributed by atoms with E-state index in [1.807, 2.05) is 26.0 Å². The summed E-state index contributed by atoms with van der Waals surface area (Å²) in [5.74, 6) is 1.09. The first-order valence-corrected chi connectivity index (χ1v) is 13.4. The third-order valence-electron chi connectivity index (χ3n) is 7.84. The Labute approximate surface area is 225 Å². The van der Waals surface area contributed by atoms with Crippen molar-refractivity contribution in [1.29, 1.82) is 5.26 Å². The highest BCUT2D eigenvalue weighted by Gasteiger charge is 2.27. The second-order valence-electron chi connectivity index (χ2n) is 10.4. The summed E-state index contributed by atoms with van der Waals surface area (Å²) in [6, 6.07) is 6.59. The van der Waals surface area contributed by atoms with Crippen molar-refractivity contribution < 1.29 is 4.74 Å². The fraction of sp³-hybridized carbons (Fsp3) is 0.481. The number of likely N-dealkylation sites (N-methyl/N-ethyl adjacent to an activating group) is 1. The zero-order valence-electron chi connectivity index (χ0n) is 22.4. The summed E-state index contributed by atoms with van der Waals surface area (Å²) in [6.07, 6.45) is 4.28. The molecule has 2 fully saturated rings. The van der Waals surface area contributed by atoms with Crippen LogP contribution in [0.3, 0.4) is 0 Å². The standard InChI is InChI=1S/C27H32N10O2/c1-16-6-7-21-20(13-30-34-21)24(16)37-17(2)31-22-23(26(37)38)32-27(39-15-19-5-4-11-35(19)3)33-25(22)36-12-10-29-18(14-36)8-9-28/h6-7,13,18-19,29H,4-5,8,10-12,14-15H2,1-3H3,(H,30,34). The van der Waals surface area contributed by atoms with Gasteiger partial charge in [-0.2, -0.15) is 20.3 Å². The van der Waals surface area contributed by atoms with Crippen LogP contribution in [0.5, 0.6) is 6.01 Å². The number of likely N-dealkylation sites (tertiary alicyclic amines) is 1. The SMILES string of the molecule is Cc1ccc2[nH]ncc2c1-n1c(C)nc2c(N3CCNC(CC#N)C3)nc(OCC3CCCN3C)nc2c1=O. The van der Waals surface area contributed by atoms with Crippen LogP contribution in [-0.2, 0) is 0 Å². The molecule has 202 valence electrons. The Morgan fingerprint density at radius 2 is 2.05 bits per heavy atom. The number of piperazine rings is 1. The van der Waals surface area contributed by atoms with E-state index in [2.05, 4.69) is 43.4 Å². The Bertz CT molecular complexity index is 1640. The predicted octanol–water partition coefficient (Wildman–Crippen LogP) is 1.83. The zero-order valence-corrected chi connectivity index (χ0v) is 22.4. The lowest BCUT2D eigenvalue weighted by molar-refractivity contribution is 0.188. The van der Waals surface area contributed by atoms with E-state index in [9.17, 15) is 10.1 Å². The van der Waals surface area contributed by atoms with Gasteiger partial charge in [0.25, 0.3) is 5.56 Å². The smallest absolute Gasteiger partial charge is 0.319 e. The Morgan fingerprint density at radius 1 is 1.18 bits per heavy atom. The van der Waals surface area contributed by atoms with Gasteiger partial charge in [0, 0.05) is 37.1 Å². The van der Waals surface area contributed by atoms with Crippen LogP contribution in [0.4, 0.5) is 5.82 Å². The van der Waals surface area contributed by atoms with E-state index in [4.69, 9.17) is 14.7 Å². The maximum atomic E-state index is 14.2. The third kappa shape index (κ3) is 4.57. The maximum Gasteiger partial charge on any atom is 0.319 e. The lowest BCUT2D eigenvalue weighted by Crippen LogP contribution is -2.51. The van der Waals surface area contributed by atoms with Gasteiger partial charge in [0.1, 0.15) is 17.9 Å². The number of hydrogen-bond donors (Lipinski definition) is 2. The number of benzene rings is 1. The van der Waals surface area contributed by atoms with Crippen LogP contribution in [0.25, 0.3) is 27.6 Å². The summed E-state index contributed by atoms with van der Waals surface area (Å²) in [5, 5.41) is 20.6. The Kier molecular flexibility index (Phi) is 6.62. The highest BCUT2D eigenvalue weighted by atomic mass is 16.5. The molecule has 2 atom stereocenters. The van der Waals surface area contributed by atoms with Crippen molar-refractivity contribution in [3.8, 4) is 17.8 Å². The van der Waals surface area contributed by atoms with Gasteiger partial charge < -0.3 is 19.9 Å². The first-order chi connectivity index (χ1) is 18.9. The number of ether oxygens (including phenoxy) is 1. The van der Waals surface area contributed by atoms with Crippen molar-refractivity contribution in [3.63, 3.8) is 0 Å². The number of fused-ring (bicyclic) bond motifs is 2. The van der Waals surface area contributed by atoms with E-state index in [0.29, 0.717) is 49.8 Å². The fourth-order valence-electron chi connectivity index (χ4n) is 5.72. The van der Waals surface area contributed by atoms with Gasteiger partial charge in [-0.3, -0.25) is 14.5 Å². The highest BCUT2D eigenvalue weighted by molar-refractivity contribution is 5.90. The van der Waals surface area contributed by atoms with Crippen LogP contribution < -0.4 is 20.5 Å². The molecule has 0 saturated carbocycles. The molecule has 2 N–H and O–H groups in total. The van der Waals surface area contributed by atoms with Crippen LogP contribution in [0.1, 0.15) is 30.7 Å². The van der Waals surface area contributed by atoms with E-state index < -0.39 is 0 Å². The van der Waals surface area contributed by atoms with Gasteiger partial charge in [-0.05, 0) is 51.9 Å². The first kappa shape index (κ1) is 25.2. The van der Waals surface area contributed by atoms with Gasteiger partial charge in [0.15, 0.2) is 11.3 Å². The molecule has 12 nitrogen and oxygen atoms in total. The summed E-state index contributed by atoms with van der Waals surface area (Å²) in [7, 11) is 2.09. The van der Waals surface area contributed by atoms with Gasteiger partial charge in [0.05, 0.1) is 29.9 Å². The van der Waals surface area contributed by atoms with E-state index in [-0.39, 0.29) is 29.2 Å². The topological polar surface area (TPSA) is 141 Å². The van der Waals surface area contributed by atoms with Crippen molar-refractivity contribution in [1.82, 2.24) is 39.9 Å². The largest absolute Gasteiger partial charge is 0.462 e. The molecule has 2 unspecified atom stereocenters. The normalized spacial score (nSPS) is 20.1. The lowest BCUT2D eigenvalue weighted by atomic mass is 10.1. The molecule has 0 amide bonds. The van der Waals surface area contributed by atoms with Crippen LogP contribution in [0.2, 0.25) is 0 Å². The molecule has 4 aromatic rings. The molecule has 2 saturated heterocycles. The zero-order chi connectivity index (χ0) is 27.1. The molecule has 6 rings (SSSR count). The monoisotopic (exact) mass is 528 g/mol. The molecule has 12 heteroatoms. The molecule has 0 bridgehead atoms. The molecule has 2 aliphatic rings. The van der Waals surface area contributed by atoms with E-state index in [1.54, 1.807) is 10.8 Å².